The van der Waals surface area contributed by atoms with Crippen molar-refractivity contribution in [3.8, 4) is 0 Å². The minimum absolute atomic E-state index is 0.0997. The predicted molar refractivity (Wildman–Crippen MR) is 76.6 cm³/mol. The number of hydrogen-bond donors (Lipinski definition) is 1. The van der Waals surface area contributed by atoms with Gasteiger partial charge in [-0.1, -0.05) is 6.07 Å². The lowest BCUT2D eigenvalue weighted by Crippen LogP contribution is -2.29. The number of nitrogens with one attached hydrogen (secondary N) is 1. The molecule has 4 rings (SSSR count). The highest BCUT2D eigenvalue weighted by atomic mass is 32.1. The summed E-state index contributed by atoms with van der Waals surface area (Å²) in [6.07, 6.45) is 1.10. The Kier molecular flexibility index (Phi) is 2.47. The van der Waals surface area contributed by atoms with Gasteiger partial charge in [-0.15, -0.1) is 11.3 Å². The topological polar surface area (TPSA) is 38.1 Å². The summed E-state index contributed by atoms with van der Waals surface area (Å²) >= 11 is 1.82. The SMILES string of the molecule is Cc1ccc2nc(C3NCCc4sccc43)oc2c1. The molecule has 0 spiro atoms. The van der Waals surface area contributed by atoms with Crippen molar-refractivity contribution in [2.24, 2.45) is 0 Å². The molecule has 3 nitrogen and oxygen atoms in total. The molecule has 0 amide bonds. The van der Waals surface area contributed by atoms with E-state index in [1.54, 1.807) is 0 Å². The average molecular weight is 270 g/mol. The van der Waals surface area contributed by atoms with E-state index in [0.717, 1.165) is 30.0 Å². The number of nitrogens with zero attached hydrogens (tertiary/aromatic N) is 1. The first kappa shape index (κ1) is 11.2. The van der Waals surface area contributed by atoms with Crippen LogP contribution in [0.15, 0.2) is 34.1 Å². The molecule has 1 aliphatic rings. The molecule has 1 aromatic carbocycles. The van der Waals surface area contributed by atoms with E-state index in [9.17, 15) is 0 Å². The molecular formula is C15H14N2OS. The maximum absolute atomic E-state index is 5.95. The van der Waals surface area contributed by atoms with Gasteiger partial charge in [0.25, 0.3) is 0 Å². The quantitative estimate of drug-likeness (QED) is 0.736. The van der Waals surface area contributed by atoms with Crippen LogP contribution in [0, 0.1) is 6.92 Å². The van der Waals surface area contributed by atoms with Gasteiger partial charge in [0.05, 0.1) is 0 Å². The predicted octanol–water partition coefficient (Wildman–Crippen LogP) is 3.43. The van der Waals surface area contributed by atoms with Crippen LogP contribution in [0.3, 0.4) is 0 Å². The second-order valence-electron chi connectivity index (χ2n) is 4.96. The van der Waals surface area contributed by atoms with Gasteiger partial charge in [0.1, 0.15) is 11.6 Å². The lowest BCUT2D eigenvalue weighted by Gasteiger charge is -2.21. The van der Waals surface area contributed by atoms with Crippen LogP contribution >= 0.6 is 11.3 Å². The van der Waals surface area contributed by atoms with E-state index in [1.165, 1.54) is 16.0 Å². The molecule has 0 radical (unpaired) electrons. The van der Waals surface area contributed by atoms with E-state index >= 15 is 0 Å². The molecule has 0 fully saturated rings. The Morgan fingerprint density at radius 1 is 1.37 bits per heavy atom. The average Bonchev–Trinajstić information content (AvgIpc) is 3.03. The van der Waals surface area contributed by atoms with Gasteiger partial charge in [0.15, 0.2) is 5.58 Å². The van der Waals surface area contributed by atoms with Crippen LogP contribution < -0.4 is 5.32 Å². The van der Waals surface area contributed by atoms with Gasteiger partial charge in [-0.25, -0.2) is 4.98 Å². The van der Waals surface area contributed by atoms with Crippen molar-refractivity contribution in [3.05, 3.63) is 51.5 Å². The second-order valence-corrected chi connectivity index (χ2v) is 5.96. The third-order valence-corrected chi connectivity index (χ3v) is 4.60. The van der Waals surface area contributed by atoms with Crippen LogP contribution in [0.5, 0.6) is 0 Å². The Labute approximate surface area is 115 Å². The fourth-order valence-electron chi connectivity index (χ4n) is 2.64. The smallest absolute Gasteiger partial charge is 0.217 e. The number of hydrogen-bond acceptors (Lipinski definition) is 4. The summed E-state index contributed by atoms with van der Waals surface area (Å²) in [7, 11) is 0. The first-order chi connectivity index (χ1) is 9.31. The van der Waals surface area contributed by atoms with Crippen molar-refractivity contribution in [1.82, 2.24) is 10.3 Å². The summed E-state index contributed by atoms with van der Waals surface area (Å²) in [5, 5.41) is 5.65. The van der Waals surface area contributed by atoms with Crippen molar-refractivity contribution in [2.45, 2.75) is 19.4 Å². The number of rotatable bonds is 1. The minimum atomic E-state index is 0.0997. The molecular weight excluding hydrogens is 256 g/mol. The molecule has 19 heavy (non-hydrogen) atoms. The summed E-state index contributed by atoms with van der Waals surface area (Å²) in [4.78, 5) is 6.08. The molecule has 3 aromatic rings. The molecule has 4 heteroatoms. The fraction of sp³-hybridized carbons (Fsp3) is 0.267. The summed E-state index contributed by atoms with van der Waals surface area (Å²) in [6.45, 7) is 3.05. The molecule has 2 aromatic heterocycles. The third kappa shape index (κ3) is 1.79. The fourth-order valence-corrected chi connectivity index (χ4v) is 3.57. The lowest BCUT2D eigenvalue weighted by molar-refractivity contribution is 0.442. The summed E-state index contributed by atoms with van der Waals surface area (Å²) < 4.78 is 5.95. The van der Waals surface area contributed by atoms with Crippen molar-refractivity contribution in [2.75, 3.05) is 6.54 Å². The molecule has 0 saturated carbocycles. The van der Waals surface area contributed by atoms with Gasteiger partial charge in [0.2, 0.25) is 5.89 Å². The zero-order valence-electron chi connectivity index (χ0n) is 10.6. The Hall–Kier alpha value is -1.65. The first-order valence-corrected chi connectivity index (χ1v) is 7.36. The van der Waals surface area contributed by atoms with E-state index in [4.69, 9.17) is 4.42 Å². The highest BCUT2D eigenvalue weighted by Gasteiger charge is 2.26. The highest BCUT2D eigenvalue weighted by molar-refractivity contribution is 7.10. The van der Waals surface area contributed by atoms with Crippen molar-refractivity contribution < 1.29 is 4.42 Å². The minimum Gasteiger partial charge on any atom is -0.439 e. The van der Waals surface area contributed by atoms with E-state index in [1.807, 2.05) is 23.5 Å². The van der Waals surface area contributed by atoms with Crippen LogP contribution in [-0.2, 0) is 6.42 Å². The van der Waals surface area contributed by atoms with Gasteiger partial charge < -0.3 is 9.73 Å². The number of aromatic nitrogens is 1. The Bertz CT molecular complexity index is 744. The third-order valence-electron chi connectivity index (χ3n) is 3.60. The molecule has 1 N–H and O–H groups in total. The van der Waals surface area contributed by atoms with E-state index in [-0.39, 0.29) is 6.04 Å². The number of thiophene rings is 1. The number of aryl methyl sites for hydroxylation is 1. The molecule has 1 atom stereocenters. The van der Waals surface area contributed by atoms with E-state index in [0.29, 0.717) is 0 Å². The largest absolute Gasteiger partial charge is 0.439 e. The van der Waals surface area contributed by atoms with Crippen LogP contribution in [0.25, 0.3) is 11.1 Å². The van der Waals surface area contributed by atoms with E-state index in [2.05, 4.69) is 34.7 Å². The molecule has 1 aliphatic heterocycles. The first-order valence-electron chi connectivity index (χ1n) is 6.48. The molecule has 0 aliphatic carbocycles. The Morgan fingerprint density at radius 3 is 3.26 bits per heavy atom. The van der Waals surface area contributed by atoms with Gasteiger partial charge in [-0.3, -0.25) is 0 Å². The zero-order chi connectivity index (χ0) is 12.8. The van der Waals surface area contributed by atoms with Crippen LogP contribution in [0.1, 0.15) is 27.9 Å². The summed E-state index contributed by atoms with van der Waals surface area (Å²) in [5.41, 5.74) is 4.33. The van der Waals surface area contributed by atoms with Crippen LogP contribution in [0.4, 0.5) is 0 Å². The Morgan fingerprint density at radius 2 is 2.32 bits per heavy atom. The number of fused-ring (bicyclic) bond motifs is 2. The lowest BCUT2D eigenvalue weighted by atomic mass is 10.0. The van der Waals surface area contributed by atoms with Crippen molar-refractivity contribution >= 4 is 22.4 Å². The molecule has 1 unspecified atom stereocenters. The maximum atomic E-state index is 5.95. The van der Waals surface area contributed by atoms with Gasteiger partial charge in [-0.05, 0) is 48.1 Å². The van der Waals surface area contributed by atoms with Gasteiger partial charge >= 0.3 is 0 Å². The van der Waals surface area contributed by atoms with Crippen molar-refractivity contribution in [1.29, 1.82) is 0 Å². The van der Waals surface area contributed by atoms with Crippen molar-refractivity contribution in [3.63, 3.8) is 0 Å². The molecule has 0 bridgehead atoms. The highest BCUT2D eigenvalue weighted by Crippen LogP contribution is 2.33. The zero-order valence-corrected chi connectivity index (χ0v) is 11.5. The van der Waals surface area contributed by atoms with E-state index < -0.39 is 0 Å². The second kappa shape index (κ2) is 4.18. The molecule has 3 heterocycles. The normalized spacial score (nSPS) is 18.7. The standard InChI is InChI=1S/C15H14N2OS/c1-9-2-3-11-12(8-9)18-15(17-11)14-10-5-7-19-13(10)4-6-16-14/h2-3,5,7-8,14,16H,4,6H2,1H3. The number of oxazole rings is 1. The molecule has 0 saturated heterocycles. The van der Waals surface area contributed by atoms with Crippen LogP contribution in [0.2, 0.25) is 0 Å². The van der Waals surface area contributed by atoms with Gasteiger partial charge in [0, 0.05) is 11.4 Å². The summed E-state index contributed by atoms with van der Waals surface area (Å²) in [5.74, 6) is 0.778. The van der Waals surface area contributed by atoms with Gasteiger partial charge in [-0.2, -0.15) is 0 Å². The molecule has 96 valence electrons. The summed E-state index contributed by atoms with van der Waals surface area (Å²) in [6, 6.07) is 8.41. The maximum Gasteiger partial charge on any atom is 0.217 e. The number of benzene rings is 1. The Balaban J connectivity index is 1.83. The van der Waals surface area contributed by atoms with Crippen LogP contribution in [-0.4, -0.2) is 11.5 Å². The monoisotopic (exact) mass is 270 g/mol.